The van der Waals surface area contributed by atoms with E-state index in [1.165, 1.54) is 0 Å². The molecule has 1 aromatic heterocycles. The van der Waals surface area contributed by atoms with Crippen LogP contribution in [-0.4, -0.2) is 74.0 Å². The number of urea groups is 1. The average molecular weight is 326 g/mol. The second kappa shape index (κ2) is 7.06. The van der Waals surface area contributed by atoms with Gasteiger partial charge >= 0.3 is 6.03 Å². The molecule has 1 aromatic rings. The van der Waals surface area contributed by atoms with E-state index >= 15 is 0 Å². The highest BCUT2D eigenvalue weighted by Crippen LogP contribution is 2.19. The van der Waals surface area contributed by atoms with Crippen LogP contribution in [0.2, 0.25) is 0 Å². The van der Waals surface area contributed by atoms with Crippen LogP contribution < -0.4 is 5.32 Å². The lowest BCUT2D eigenvalue weighted by molar-refractivity contribution is 0.186. The molecule has 1 N–H and O–H groups in total. The molecule has 8 heteroatoms. The fraction of sp³-hybridized carbons (Fsp3) is 0.571. The summed E-state index contributed by atoms with van der Waals surface area (Å²) >= 11 is 0. The summed E-state index contributed by atoms with van der Waals surface area (Å²) in [6, 6.07) is 2.88. The number of carbonyl (C=O) groups excluding carboxylic acids is 1. The van der Waals surface area contributed by atoms with Gasteiger partial charge in [0.1, 0.15) is 0 Å². The van der Waals surface area contributed by atoms with Crippen molar-refractivity contribution in [1.29, 1.82) is 0 Å². The first-order valence-corrected chi connectivity index (χ1v) is 9.02. The van der Waals surface area contributed by atoms with Crippen molar-refractivity contribution in [3.63, 3.8) is 0 Å². The molecule has 1 saturated heterocycles. The molecule has 2 rings (SSSR count). The van der Waals surface area contributed by atoms with E-state index in [0.717, 1.165) is 0 Å². The van der Waals surface area contributed by atoms with Crippen molar-refractivity contribution in [3.8, 4) is 0 Å². The number of aromatic nitrogens is 1. The molecule has 2 heterocycles. The molecule has 0 aliphatic carbocycles. The highest BCUT2D eigenvalue weighted by atomic mass is 32.2. The molecule has 22 heavy (non-hydrogen) atoms. The number of sulfone groups is 1. The molecule has 1 atom stereocenters. The van der Waals surface area contributed by atoms with E-state index in [4.69, 9.17) is 0 Å². The lowest BCUT2D eigenvalue weighted by Gasteiger charge is -2.29. The maximum atomic E-state index is 12.5. The standard InChI is InChI=1S/C14H22N4O3S/c1-17(2)8-9-18(13-5-10-22(20,21)11-13)14(19)16-12-3-6-15-7-4-12/h3-4,6-7,13H,5,8-11H2,1-2H3,(H,15,16,19). The molecule has 1 fully saturated rings. The maximum absolute atomic E-state index is 12.5. The fourth-order valence-corrected chi connectivity index (χ4v) is 4.14. The van der Waals surface area contributed by atoms with E-state index in [2.05, 4.69) is 10.3 Å². The molecular weight excluding hydrogens is 304 g/mol. The minimum atomic E-state index is -3.03. The minimum absolute atomic E-state index is 0.0458. The largest absolute Gasteiger partial charge is 0.322 e. The zero-order chi connectivity index (χ0) is 16.2. The van der Waals surface area contributed by atoms with E-state index < -0.39 is 9.84 Å². The molecule has 1 aliphatic rings. The third kappa shape index (κ3) is 4.67. The SMILES string of the molecule is CN(C)CCN(C(=O)Nc1ccncc1)C1CCS(=O)(=O)C1. The number of nitrogens with zero attached hydrogens (tertiary/aromatic N) is 3. The van der Waals surface area contributed by atoms with E-state index in [1.807, 2.05) is 19.0 Å². The van der Waals surface area contributed by atoms with Crippen LogP contribution in [0.15, 0.2) is 24.5 Å². The first kappa shape index (κ1) is 16.7. The van der Waals surface area contributed by atoms with Crippen molar-refractivity contribution in [1.82, 2.24) is 14.8 Å². The Morgan fingerprint density at radius 2 is 2.00 bits per heavy atom. The Labute approximate surface area is 131 Å². The second-order valence-electron chi connectivity index (χ2n) is 5.72. The van der Waals surface area contributed by atoms with Crippen LogP contribution in [0.5, 0.6) is 0 Å². The maximum Gasteiger partial charge on any atom is 0.322 e. The summed E-state index contributed by atoms with van der Waals surface area (Å²) < 4.78 is 23.4. The number of nitrogens with one attached hydrogen (secondary N) is 1. The molecule has 0 aromatic carbocycles. The topological polar surface area (TPSA) is 82.6 Å². The van der Waals surface area contributed by atoms with Crippen molar-refractivity contribution in [2.45, 2.75) is 12.5 Å². The van der Waals surface area contributed by atoms with Crippen molar-refractivity contribution in [2.75, 3.05) is 44.0 Å². The Morgan fingerprint density at radius 1 is 1.32 bits per heavy atom. The summed E-state index contributed by atoms with van der Waals surface area (Å²) in [6.07, 6.45) is 3.69. The highest BCUT2D eigenvalue weighted by Gasteiger charge is 2.34. The van der Waals surface area contributed by atoms with Gasteiger partial charge in [0.25, 0.3) is 0 Å². The van der Waals surface area contributed by atoms with Gasteiger partial charge in [0.2, 0.25) is 0 Å². The Hall–Kier alpha value is -1.67. The van der Waals surface area contributed by atoms with Crippen molar-refractivity contribution >= 4 is 21.6 Å². The predicted molar refractivity (Wildman–Crippen MR) is 85.6 cm³/mol. The summed E-state index contributed by atoms with van der Waals surface area (Å²) in [5, 5.41) is 2.80. The number of anilines is 1. The fourth-order valence-electron chi connectivity index (χ4n) is 2.41. The van der Waals surface area contributed by atoms with Crippen LogP contribution in [0, 0.1) is 0 Å². The zero-order valence-corrected chi connectivity index (χ0v) is 13.7. The molecule has 0 radical (unpaired) electrons. The van der Waals surface area contributed by atoms with E-state index in [9.17, 15) is 13.2 Å². The Kier molecular flexibility index (Phi) is 5.36. The number of carbonyl (C=O) groups is 1. The van der Waals surface area contributed by atoms with Gasteiger partial charge in [-0.15, -0.1) is 0 Å². The zero-order valence-electron chi connectivity index (χ0n) is 12.9. The van der Waals surface area contributed by atoms with Crippen LogP contribution in [0.1, 0.15) is 6.42 Å². The van der Waals surface area contributed by atoms with Gasteiger partial charge in [-0.2, -0.15) is 0 Å². The third-order valence-corrected chi connectivity index (χ3v) is 5.38. The molecule has 2 amide bonds. The molecule has 0 saturated carbocycles. The van der Waals surface area contributed by atoms with Gasteiger partial charge in [-0.3, -0.25) is 4.98 Å². The average Bonchev–Trinajstić information content (AvgIpc) is 2.80. The molecular formula is C14H22N4O3S. The van der Waals surface area contributed by atoms with Gasteiger partial charge in [-0.05, 0) is 32.6 Å². The molecule has 1 aliphatic heterocycles. The van der Waals surface area contributed by atoms with E-state index in [1.54, 1.807) is 29.4 Å². The number of amides is 2. The highest BCUT2D eigenvalue weighted by molar-refractivity contribution is 7.91. The molecule has 7 nitrogen and oxygen atoms in total. The lowest BCUT2D eigenvalue weighted by atomic mass is 10.2. The normalized spacial score (nSPS) is 20.0. The monoisotopic (exact) mass is 326 g/mol. The molecule has 122 valence electrons. The van der Waals surface area contributed by atoms with Gasteiger partial charge in [0.05, 0.1) is 11.5 Å². The first-order valence-electron chi connectivity index (χ1n) is 7.20. The summed E-state index contributed by atoms with van der Waals surface area (Å²) in [4.78, 5) is 20.0. The van der Waals surface area contributed by atoms with Crippen LogP contribution in [0.4, 0.5) is 10.5 Å². The summed E-state index contributed by atoms with van der Waals surface area (Å²) in [7, 11) is 0.811. The van der Waals surface area contributed by atoms with E-state index in [0.29, 0.717) is 25.2 Å². The summed E-state index contributed by atoms with van der Waals surface area (Å²) in [6.45, 7) is 1.17. The minimum Gasteiger partial charge on any atom is -0.319 e. The quantitative estimate of drug-likeness (QED) is 0.860. The van der Waals surface area contributed by atoms with Crippen molar-refractivity contribution < 1.29 is 13.2 Å². The Bertz CT molecular complexity index is 604. The van der Waals surface area contributed by atoms with Crippen molar-refractivity contribution in [2.24, 2.45) is 0 Å². The molecule has 0 spiro atoms. The van der Waals surface area contributed by atoms with E-state index in [-0.39, 0.29) is 23.6 Å². The van der Waals surface area contributed by atoms with Gasteiger partial charge in [-0.25, -0.2) is 13.2 Å². The molecule has 1 unspecified atom stereocenters. The van der Waals surface area contributed by atoms with Gasteiger partial charge < -0.3 is 15.1 Å². The number of rotatable bonds is 5. The van der Waals surface area contributed by atoms with Crippen LogP contribution in [0.25, 0.3) is 0 Å². The number of hydrogen-bond acceptors (Lipinski definition) is 5. The second-order valence-corrected chi connectivity index (χ2v) is 7.95. The van der Waals surface area contributed by atoms with Gasteiger partial charge in [0.15, 0.2) is 9.84 Å². The first-order chi connectivity index (χ1) is 10.4. The van der Waals surface area contributed by atoms with Gasteiger partial charge in [-0.1, -0.05) is 0 Å². The number of hydrogen-bond donors (Lipinski definition) is 1. The Balaban J connectivity index is 2.08. The molecule has 0 bridgehead atoms. The summed E-state index contributed by atoms with van der Waals surface area (Å²) in [5.41, 5.74) is 0.649. The lowest BCUT2D eigenvalue weighted by Crippen LogP contribution is -2.46. The predicted octanol–water partition coefficient (Wildman–Crippen LogP) is 0.664. The van der Waals surface area contributed by atoms with Crippen LogP contribution in [0.3, 0.4) is 0 Å². The van der Waals surface area contributed by atoms with Crippen LogP contribution in [-0.2, 0) is 9.84 Å². The Morgan fingerprint density at radius 3 is 2.55 bits per heavy atom. The van der Waals surface area contributed by atoms with Crippen molar-refractivity contribution in [3.05, 3.63) is 24.5 Å². The smallest absolute Gasteiger partial charge is 0.319 e. The number of likely N-dealkylation sites (N-methyl/N-ethyl adjacent to an activating group) is 1. The number of pyridine rings is 1. The van der Waals surface area contributed by atoms with Crippen LogP contribution >= 0.6 is 0 Å². The summed E-state index contributed by atoms with van der Waals surface area (Å²) in [5.74, 6) is 0.197. The third-order valence-electron chi connectivity index (χ3n) is 3.63. The van der Waals surface area contributed by atoms with Gasteiger partial charge in [0, 0.05) is 37.2 Å².